The molecule has 0 spiro atoms. The van der Waals surface area contributed by atoms with Crippen molar-refractivity contribution in [3.63, 3.8) is 0 Å². The molecule has 1 fully saturated rings. The molecule has 21 heavy (non-hydrogen) atoms. The lowest BCUT2D eigenvalue weighted by atomic mass is 9.98. The van der Waals surface area contributed by atoms with Crippen molar-refractivity contribution >= 4 is 0 Å². The van der Waals surface area contributed by atoms with Crippen molar-refractivity contribution in [2.45, 2.75) is 109 Å². The maximum Gasteiger partial charge on any atom is 0.0575 e. The van der Waals surface area contributed by atoms with E-state index in [0.29, 0.717) is 12.1 Å². The average molecular weight is 299 g/mol. The summed E-state index contributed by atoms with van der Waals surface area (Å²) in [6.07, 6.45) is 19.0. The summed E-state index contributed by atoms with van der Waals surface area (Å²) in [4.78, 5) is 0. The SMILES string of the molecule is CCCCCCCCCCC(CCC1CCCCO1)NN. The molecule has 3 N–H and O–H groups in total. The number of rotatable bonds is 13. The predicted molar refractivity (Wildman–Crippen MR) is 91.2 cm³/mol. The highest BCUT2D eigenvalue weighted by Crippen LogP contribution is 2.19. The highest BCUT2D eigenvalue weighted by molar-refractivity contribution is 4.70. The Balaban J connectivity index is 1.92. The van der Waals surface area contributed by atoms with E-state index in [-0.39, 0.29) is 0 Å². The zero-order valence-corrected chi connectivity index (χ0v) is 14.2. The molecule has 0 radical (unpaired) electrons. The summed E-state index contributed by atoms with van der Waals surface area (Å²) in [6, 6.07) is 0.482. The smallest absolute Gasteiger partial charge is 0.0575 e. The zero-order valence-electron chi connectivity index (χ0n) is 14.2. The van der Waals surface area contributed by atoms with Crippen LogP contribution in [0.25, 0.3) is 0 Å². The van der Waals surface area contributed by atoms with E-state index in [1.165, 1.54) is 83.5 Å². The zero-order chi connectivity index (χ0) is 15.2. The molecule has 1 rings (SSSR count). The summed E-state index contributed by atoms with van der Waals surface area (Å²) in [7, 11) is 0. The highest BCUT2D eigenvalue weighted by atomic mass is 16.5. The first-order chi connectivity index (χ1) is 10.4. The quantitative estimate of drug-likeness (QED) is 0.294. The van der Waals surface area contributed by atoms with E-state index in [1.807, 2.05) is 0 Å². The third kappa shape index (κ3) is 10.3. The van der Waals surface area contributed by atoms with Gasteiger partial charge in [-0.25, -0.2) is 0 Å². The number of hydrazine groups is 1. The van der Waals surface area contributed by atoms with Crippen LogP contribution >= 0.6 is 0 Å². The molecule has 2 atom stereocenters. The molecule has 1 aliphatic heterocycles. The monoisotopic (exact) mass is 298 g/mol. The summed E-state index contributed by atoms with van der Waals surface area (Å²) in [5.41, 5.74) is 3.00. The van der Waals surface area contributed by atoms with Crippen molar-refractivity contribution in [2.24, 2.45) is 5.84 Å². The molecule has 0 aliphatic carbocycles. The minimum absolute atomic E-state index is 0.482. The standard InChI is InChI=1S/C18H38N2O/c1-2-3-4-5-6-7-8-9-12-17(20-19)14-15-18-13-10-11-16-21-18/h17-18,20H,2-16,19H2,1H3. The van der Waals surface area contributed by atoms with Crippen molar-refractivity contribution < 1.29 is 4.74 Å². The summed E-state index contributed by atoms with van der Waals surface area (Å²) in [5.74, 6) is 5.69. The second kappa shape index (κ2) is 13.5. The number of hydrogen-bond acceptors (Lipinski definition) is 3. The van der Waals surface area contributed by atoms with Crippen molar-refractivity contribution in [2.75, 3.05) is 6.61 Å². The molecule has 2 unspecified atom stereocenters. The van der Waals surface area contributed by atoms with Gasteiger partial charge in [0.25, 0.3) is 0 Å². The third-order valence-corrected chi connectivity index (χ3v) is 4.75. The topological polar surface area (TPSA) is 47.3 Å². The molecule has 0 aromatic rings. The van der Waals surface area contributed by atoms with E-state index >= 15 is 0 Å². The average Bonchev–Trinajstić information content (AvgIpc) is 2.54. The van der Waals surface area contributed by atoms with Gasteiger partial charge in [-0.05, 0) is 38.5 Å². The molecule has 0 bridgehead atoms. The van der Waals surface area contributed by atoms with Gasteiger partial charge in [0.2, 0.25) is 0 Å². The fraction of sp³-hybridized carbons (Fsp3) is 1.00. The van der Waals surface area contributed by atoms with Gasteiger partial charge in [0.15, 0.2) is 0 Å². The summed E-state index contributed by atoms with van der Waals surface area (Å²) >= 11 is 0. The fourth-order valence-corrected chi connectivity index (χ4v) is 3.26. The van der Waals surface area contributed by atoms with Crippen LogP contribution < -0.4 is 11.3 Å². The van der Waals surface area contributed by atoms with E-state index in [2.05, 4.69) is 12.3 Å². The van der Waals surface area contributed by atoms with Gasteiger partial charge < -0.3 is 4.74 Å². The van der Waals surface area contributed by atoms with Crippen molar-refractivity contribution in [3.05, 3.63) is 0 Å². The number of unbranched alkanes of at least 4 members (excludes halogenated alkanes) is 7. The summed E-state index contributed by atoms with van der Waals surface area (Å²) < 4.78 is 5.79. The molecule has 0 aromatic carbocycles. The van der Waals surface area contributed by atoms with E-state index in [4.69, 9.17) is 10.6 Å². The molecule has 1 aliphatic rings. The largest absolute Gasteiger partial charge is 0.378 e. The Kier molecular flexibility index (Phi) is 12.2. The fourth-order valence-electron chi connectivity index (χ4n) is 3.26. The van der Waals surface area contributed by atoms with Crippen LogP contribution in [0.1, 0.15) is 96.8 Å². The first-order valence-electron chi connectivity index (χ1n) is 9.44. The van der Waals surface area contributed by atoms with Gasteiger partial charge in [-0.1, -0.05) is 58.3 Å². The van der Waals surface area contributed by atoms with Crippen LogP contribution in [0.3, 0.4) is 0 Å². The van der Waals surface area contributed by atoms with E-state index in [0.717, 1.165) is 13.0 Å². The Bertz CT molecular complexity index is 217. The highest BCUT2D eigenvalue weighted by Gasteiger charge is 2.15. The maximum absolute atomic E-state index is 5.79. The first kappa shape index (κ1) is 18.9. The van der Waals surface area contributed by atoms with Crippen LogP contribution in [-0.4, -0.2) is 18.8 Å². The number of nitrogens with one attached hydrogen (secondary N) is 1. The van der Waals surface area contributed by atoms with Crippen LogP contribution in [0.5, 0.6) is 0 Å². The Morgan fingerprint density at radius 1 is 1.00 bits per heavy atom. The number of hydrogen-bond donors (Lipinski definition) is 2. The Morgan fingerprint density at radius 2 is 1.71 bits per heavy atom. The lowest BCUT2D eigenvalue weighted by Crippen LogP contribution is -2.36. The van der Waals surface area contributed by atoms with Gasteiger partial charge in [-0.3, -0.25) is 11.3 Å². The summed E-state index contributed by atoms with van der Waals surface area (Å²) in [5, 5.41) is 0. The Labute approximate surface area is 132 Å². The Morgan fingerprint density at radius 3 is 2.33 bits per heavy atom. The van der Waals surface area contributed by atoms with Crippen LogP contribution in [-0.2, 0) is 4.74 Å². The molecule has 0 saturated carbocycles. The predicted octanol–water partition coefficient (Wildman–Crippen LogP) is 4.70. The van der Waals surface area contributed by atoms with E-state index in [9.17, 15) is 0 Å². The molecule has 1 heterocycles. The van der Waals surface area contributed by atoms with Crippen molar-refractivity contribution in [3.8, 4) is 0 Å². The first-order valence-corrected chi connectivity index (χ1v) is 9.44. The van der Waals surface area contributed by atoms with Crippen LogP contribution in [0, 0.1) is 0 Å². The van der Waals surface area contributed by atoms with Crippen LogP contribution in [0.15, 0.2) is 0 Å². The third-order valence-electron chi connectivity index (χ3n) is 4.75. The maximum atomic E-state index is 5.79. The second-order valence-corrected chi connectivity index (χ2v) is 6.69. The second-order valence-electron chi connectivity index (χ2n) is 6.69. The molecule has 0 amide bonds. The Hall–Kier alpha value is -0.120. The molecule has 1 saturated heterocycles. The van der Waals surface area contributed by atoms with Crippen molar-refractivity contribution in [1.29, 1.82) is 0 Å². The van der Waals surface area contributed by atoms with Crippen molar-refractivity contribution in [1.82, 2.24) is 5.43 Å². The van der Waals surface area contributed by atoms with Gasteiger partial charge in [-0.15, -0.1) is 0 Å². The van der Waals surface area contributed by atoms with Crippen LogP contribution in [0.2, 0.25) is 0 Å². The molecular formula is C18H38N2O. The number of ether oxygens (including phenoxy) is 1. The molecule has 126 valence electrons. The van der Waals surface area contributed by atoms with Gasteiger partial charge in [0.05, 0.1) is 6.10 Å². The molecule has 3 nitrogen and oxygen atoms in total. The molecular weight excluding hydrogens is 260 g/mol. The van der Waals surface area contributed by atoms with Crippen LogP contribution in [0.4, 0.5) is 0 Å². The normalized spacial score (nSPS) is 20.6. The molecule has 0 aromatic heterocycles. The lowest BCUT2D eigenvalue weighted by molar-refractivity contribution is 0.00840. The van der Waals surface area contributed by atoms with Gasteiger partial charge in [-0.2, -0.15) is 0 Å². The molecule has 3 heteroatoms. The number of nitrogens with two attached hydrogens (primary N) is 1. The minimum Gasteiger partial charge on any atom is -0.378 e. The van der Waals surface area contributed by atoms with E-state index < -0.39 is 0 Å². The van der Waals surface area contributed by atoms with Gasteiger partial charge >= 0.3 is 0 Å². The summed E-state index contributed by atoms with van der Waals surface area (Å²) in [6.45, 7) is 3.24. The van der Waals surface area contributed by atoms with Gasteiger partial charge in [0.1, 0.15) is 0 Å². The van der Waals surface area contributed by atoms with E-state index in [1.54, 1.807) is 0 Å². The van der Waals surface area contributed by atoms with Gasteiger partial charge in [0, 0.05) is 12.6 Å². The minimum atomic E-state index is 0.482. The lowest BCUT2D eigenvalue weighted by Gasteiger charge is -2.24.